The highest BCUT2D eigenvalue weighted by Gasteiger charge is 2.40. The summed E-state index contributed by atoms with van der Waals surface area (Å²) in [6.45, 7) is 7.33. The van der Waals surface area contributed by atoms with E-state index in [2.05, 4.69) is 22.1 Å². The monoisotopic (exact) mass is 470 g/mol. The maximum Gasteiger partial charge on any atom is 0.272 e. The van der Waals surface area contributed by atoms with Crippen LogP contribution in [0.4, 0.5) is 10.1 Å². The first-order valence-corrected chi connectivity index (χ1v) is 11.6. The molecule has 4 rings (SSSR count). The third kappa shape index (κ3) is 5.37. The number of amides is 3. The van der Waals surface area contributed by atoms with Crippen LogP contribution in [0.5, 0.6) is 0 Å². The Kier molecular flexibility index (Phi) is 7.89. The molecule has 182 valence electrons. The van der Waals surface area contributed by atoms with Crippen molar-refractivity contribution in [3.63, 3.8) is 0 Å². The molecule has 0 radical (unpaired) electrons. The first kappa shape index (κ1) is 25.2. The van der Waals surface area contributed by atoms with Crippen molar-refractivity contribution in [1.29, 1.82) is 5.26 Å². The van der Waals surface area contributed by atoms with E-state index >= 15 is 0 Å². The lowest BCUT2D eigenvalue weighted by Gasteiger charge is -2.39. The normalized spacial score (nSPS) is 22.0. The second-order valence-electron chi connectivity index (χ2n) is 8.40. The maximum atomic E-state index is 13.1. The molecular weight excluding hydrogens is 439 g/mol. The Bertz CT molecular complexity index is 1030. The maximum absolute atomic E-state index is 13.1. The van der Waals surface area contributed by atoms with E-state index in [-0.39, 0.29) is 36.5 Å². The Balaban J connectivity index is 0.00000158. The van der Waals surface area contributed by atoms with Gasteiger partial charge in [-0.1, -0.05) is 19.9 Å². The standard InChI is InChI=1S/C22H25FN6O3.C2H6/c1-12-10-28(11-25-20(30)13(2)23)22(32)19-8-18(27-29(12)19)16-6-3-14(9-24)7-17(16)26-21(31)15-4-5-15;1-2/h3,6-8,12-13,15,18,27H,4-5,10-11H2,1-2H3,(H,25,30)(H,26,31);1-2H3. The highest BCUT2D eigenvalue weighted by atomic mass is 19.1. The van der Waals surface area contributed by atoms with Crippen molar-refractivity contribution in [2.24, 2.45) is 5.92 Å². The summed E-state index contributed by atoms with van der Waals surface area (Å²) in [4.78, 5) is 38.4. The van der Waals surface area contributed by atoms with Gasteiger partial charge >= 0.3 is 0 Å². The first-order chi connectivity index (χ1) is 16.3. The summed E-state index contributed by atoms with van der Waals surface area (Å²) in [6.07, 6.45) is 1.83. The number of alkyl halides is 1. The molecular formula is C24H31FN6O3. The molecule has 1 aliphatic carbocycles. The number of halogens is 1. The molecule has 3 unspecified atom stereocenters. The lowest BCUT2D eigenvalue weighted by atomic mass is 10.0. The third-order valence-corrected chi connectivity index (χ3v) is 5.82. The van der Waals surface area contributed by atoms with Crippen LogP contribution in [0.25, 0.3) is 0 Å². The van der Waals surface area contributed by atoms with Crippen molar-refractivity contribution in [1.82, 2.24) is 20.7 Å². The van der Waals surface area contributed by atoms with Gasteiger partial charge in [0.15, 0.2) is 6.17 Å². The molecule has 34 heavy (non-hydrogen) atoms. The van der Waals surface area contributed by atoms with Crippen LogP contribution in [0, 0.1) is 17.2 Å². The molecule has 9 nitrogen and oxygen atoms in total. The van der Waals surface area contributed by atoms with E-state index in [1.807, 2.05) is 20.8 Å². The minimum absolute atomic E-state index is 0.00669. The number of hydrogen-bond acceptors (Lipinski definition) is 6. The second-order valence-corrected chi connectivity index (χ2v) is 8.40. The molecule has 1 saturated carbocycles. The van der Waals surface area contributed by atoms with Crippen molar-refractivity contribution in [3.8, 4) is 6.07 Å². The van der Waals surface area contributed by atoms with Crippen LogP contribution in [0.3, 0.4) is 0 Å². The predicted octanol–water partition coefficient (Wildman–Crippen LogP) is 2.34. The quantitative estimate of drug-likeness (QED) is 0.588. The number of anilines is 1. The van der Waals surface area contributed by atoms with E-state index in [0.29, 0.717) is 23.5 Å². The Hall–Kier alpha value is -3.45. The van der Waals surface area contributed by atoms with E-state index < -0.39 is 12.1 Å². The molecule has 1 aromatic rings. The Morgan fingerprint density at radius 3 is 2.65 bits per heavy atom. The van der Waals surface area contributed by atoms with E-state index in [0.717, 1.165) is 25.3 Å². The van der Waals surface area contributed by atoms with E-state index in [1.54, 1.807) is 29.3 Å². The average molecular weight is 471 g/mol. The largest absolute Gasteiger partial charge is 0.336 e. The Morgan fingerprint density at radius 2 is 2.03 bits per heavy atom. The van der Waals surface area contributed by atoms with Gasteiger partial charge in [0.1, 0.15) is 5.70 Å². The minimum atomic E-state index is -1.65. The second kappa shape index (κ2) is 10.7. The van der Waals surface area contributed by atoms with Gasteiger partial charge in [0.05, 0.1) is 30.4 Å². The van der Waals surface area contributed by atoms with Crippen molar-refractivity contribution < 1.29 is 18.8 Å². The summed E-state index contributed by atoms with van der Waals surface area (Å²) in [5.41, 5.74) is 5.42. The number of hydrazine groups is 1. The molecule has 0 bridgehead atoms. The summed E-state index contributed by atoms with van der Waals surface area (Å²) in [5.74, 6) is -1.12. The number of hydrogen-bond donors (Lipinski definition) is 3. The van der Waals surface area contributed by atoms with E-state index in [4.69, 9.17) is 0 Å². The highest BCUT2D eigenvalue weighted by Crippen LogP contribution is 2.35. The smallest absolute Gasteiger partial charge is 0.272 e. The molecule has 0 aromatic heterocycles. The molecule has 0 spiro atoms. The summed E-state index contributed by atoms with van der Waals surface area (Å²) in [7, 11) is 0. The van der Waals surface area contributed by atoms with Crippen LogP contribution in [-0.4, -0.2) is 53.1 Å². The number of carbonyl (C=O) groups is 3. The van der Waals surface area contributed by atoms with Crippen LogP contribution in [0.15, 0.2) is 30.0 Å². The molecule has 3 amide bonds. The van der Waals surface area contributed by atoms with Gasteiger partial charge in [0.2, 0.25) is 5.91 Å². The topological polar surface area (TPSA) is 118 Å². The predicted molar refractivity (Wildman–Crippen MR) is 124 cm³/mol. The van der Waals surface area contributed by atoms with Crippen LogP contribution in [-0.2, 0) is 14.4 Å². The van der Waals surface area contributed by atoms with Crippen molar-refractivity contribution in [2.75, 3.05) is 18.5 Å². The summed E-state index contributed by atoms with van der Waals surface area (Å²) >= 11 is 0. The van der Waals surface area contributed by atoms with Gasteiger partial charge < -0.3 is 15.5 Å². The van der Waals surface area contributed by atoms with Gasteiger partial charge in [0.25, 0.3) is 11.8 Å². The first-order valence-electron chi connectivity index (χ1n) is 11.6. The zero-order valence-corrected chi connectivity index (χ0v) is 19.9. The average Bonchev–Trinajstić information content (AvgIpc) is 3.59. The third-order valence-electron chi connectivity index (χ3n) is 5.82. The zero-order valence-electron chi connectivity index (χ0n) is 19.9. The fraction of sp³-hybridized carbons (Fsp3) is 0.500. The summed E-state index contributed by atoms with van der Waals surface area (Å²) in [6, 6.07) is 6.67. The molecule has 2 heterocycles. The van der Waals surface area contributed by atoms with Gasteiger partial charge in [0, 0.05) is 18.2 Å². The van der Waals surface area contributed by atoms with Crippen LogP contribution >= 0.6 is 0 Å². The molecule has 2 fully saturated rings. The molecule has 1 saturated heterocycles. The van der Waals surface area contributed by atoms with Crippen LogP contribution in [0.2, 0.25) is 0 Å². The van der Waals surface area contributed by atoms with Crippen molar-refractivity contribution >= 4 is 23.4 Å². The zero-order chi connectivity index (χ0) is 25.0. The number of nitrogens with zero attached hydrogens (tertiary/aromatic N) is 3. The number of fused-ring (bicyclic) bond motifs is 1. The van der Waals surface area contributed by atoms with Crippen LogP contribution in [0.1, 0.15) is 57.7 Å². The number of carbonyl (C=O) groups excluding carboxylic acids is 3. The number of rotatable bonds is 6. The van der Waals surface area contributed by atoms with Gasteiger partial charge in [-0.25, -0.2) is 9.82 Å². The summed E-state index contributed by atoms with van der Waals surface area (Å²) in [5, 5.41) is 16.4. The molecule has 1 aromatic carbocycles. The number of piperazine rings is 1. The van der Waals surface area contributed by atoms with Crippen molar-refractivity contribution in [3.05, 3.63) is 41.1 Å². The van der Waals surface area contributed by atoms with E-state index in [1.165, 1.54) is 4.90 Å². The van der Waals surface area contributed by atoms with Gasteiger partial charge in [-0.05, 0) is 50.5 Å². The fourth-order valence-corrected chi connectivity index (χ4v) is 3.87. The van der Waals surface area contributed by atoms with Gasteiger partial charge in [-0.2, -0.15) is 5.26 Å². The fourth-order valence-electron chi connectivity index (χ4n) is 3.87. The Labute approximate surface area is 198 Å². The lowest BCUT2D eigenvalue weighted by Crippen LogP contribution is -2.57. The lowest BCUT2D eigenvalue weighted by molar-refractivity contribution is -0.135. The Morgan fingerprint density at radius 1 is 1.32 bits per heavy atom. The SMILES string of the molecule is CC.CC(F)C(=O)NCN1CC(C)N2NC(c3ccc(C#N)cc3NC(=O)C3CC3)C=C2C1=O. The molecule has 2 aliphatic heterocycles. The number of nitrogens with one attached hydrogen (secondary N) is 3. The van der Waals surface area contributed by atoms with Gasteiger partial charge in [-0.15, -0.1) is 0 Å². The van der Waals surface area contributed by atoms with Crippen molar-refractivity contribution in [2.45, 2.75) is 58.8 Å². The summed E-state index contributed by atoms with van der Waals surface area (Å²) < 4.78 is 13.1. The molecule has 10 heteroatoms. The molecule has 3 atom stereocenters. The van der Waals surface area contributed by atoms with Crippen LogP contribution < -0.4 is 16.1 Å². The van der Waals surface area contributed by atoms with Gasteiger partial charge in [-0.3, -0.25) is 19.4 Å². The minimum Gasteiger partial charge on any atom is -0.336 e. The molecule has 3 N–H and O–H groups in total. The molecule has 3 aliphatic rings. The van der Waals surface area contributed by atoms with E-state index in [9.17, 15) is 24.0 Å². The number of nitriles is 1. The highest BCUT2D eigenvalue weighted by molar-refractivity contribution is 5.96. The number of benzene rings is 1.